The topological polar surface area (TPSA) is 20.2 Å². The Labute approximate surface area is 70.6 Å². The Morgan fingerprint density at radius 2 is 2.27 bits per heavy atom. The number of hydrogen-bond donors (Lipinski definition) is 1. The van der Waals surface area contributed by atoms with E-state index in [1.807, 2.05) is 0 Å². The maximum atomic E-state index is 8.66. The van der Waals surface area contributed by atoms with Crippen LogP contribution in [0, 0.1) is 19.0 Å². The summed E-state index contributed by atoms with van der Waals surface area (Å²) in [4.78, 5) is 0. The first-order chi connectivity index (χ1) is 5.29. The molecule has 0 heterocycles. The molecule has 1 aromatic rings. The Morgan fingerprint density at radius 3 is 2.82 bits per heavy atom. The average molecular weight is 166 g/mol. The normalized spacial score (nSPS) is 9.18. The van der Waals surface area contributed by atoms with Crippen LogP contribution in [0.1, 0.15) is 11.1 Å². The van der Waals surface area contributed by atoms with Crippen LogP contribution >= 0.6 is 11.6 Å². The fourth-order valence-corrected chi connectivity index (χ4v) is 0.990. The number of terminal acetylenes is 1. The molecule has 0 aromatic heterocycles. The molecule has 0 aliphatic heterocycles. The molecule has 0 saturated carbocycles. The highest BCUT2D eigenvalue weighted by atomic mass is 35.5. The standard InChI is InChI=1S/C9H6ClO/c1-2-7-4-3-5-8(6-11)9(7)10/h1,3-6,11H. The van der Waals surface area contributed by atoms with Crippen molar-refractivity contribution in [3.8, 4) is 12.3 Å². The van der Waals surface area contributed by atoms with Crippen LogP contribution in [0.2, 0.25) is 5.02 Å². The minimum absolute atomic E-state index is 0.414. The predicted octanol–water partition coefficient (Wildman–Crippen LogP) is 2.20. The second kappa shape index (κ2) is 3.43. The highest BCUT2D eigenvalue weighted by Crippen LogP contribution is 2.20. The van der Waals surface area contributed by atoms with Crippen molar-refractivity contribution in [1.29, 1.82) is 0 Å². The first kappa shape index (κ1) is 8.13. The van der Waals surface area contributed by atoms with Gasteiger partial charge < -0.3 is 5.11 Å². The summed E-state index contributed by atoms with van der Waals surface area (Å²) in [6, 6.07) is 5.14. The summed E-state index contributed by atoms with van der Waals surface area (Å²) in [6.07, 6.45) is 5.14. The maximum Gasteiger partial charge on any atom is 0.111 e. The lowest BCUT2D eigenvalue weighted by Crippen LogP contribution is -1.84. The lowest BCUT2D eigenvalue weighted by Gasteiger charge is -2.00. The Kier molecular flexibility index (Phi) is 2.53. The molecule has 0 aliphatic carbocycles. The van der Waals surface area contributed by atoms with Crippen molar-refractivity contribution in [2.24, 2.45) is 0 Å². The second-order valence-electron chi connectivity index (χ2n) is 1.98. The molecule has 0 amide bonds. The molecule has 1 nitrogen and oxygen atoms in total. The molecular weight excluding hydrogens is 160 g/mol. The van der Waals surface area contributed by atoms with Gasteiger partial charge in [-0.2, -0.15) is 0 Å². The summed E-state index contributed by atoms with van der Waals surface area (Å²) in [5, 5.41) is 9.07. The van der Waals surface area contributed by atoms with E-state index in [-0.39, 0.29) is 0 Å². The minimum atomic E-state index is 0.414. The zero-order chi connectivity index (χ0) is 8.27. The van der Waals surface area contributed by atoms with Crippen LogP contribution in [-0.4, -0.2) is 5.11 Å². The molecule has 0 saturated heterocycles. The molecule has 11 heavy (non-hydrogen) atoms. The monoisotopic (exact) mass is 165 g/mol. The summed E-state index contributed by atoms with van der Waals surface area (Å²) >= 11 is 5.78. The molecule has 2 heteroatoms. The quantitative estimate of drug-likeness (QED) is 0.633. The first-order valence-corrected chi connectivity index (χ1v) is 3.40. The largest absolute Gasteiger partial charge is 0.385 e. The van der Waals surface area contributed by atoms with Crippen molar-refractivity contribution in [3.63, 3.8) is 0 Å². The SMILES string of the molecule is C#Cc1cccc([CH]O)c1Cl. The number of hydrogen-bond acceptors (Lipinski definition) is 1. The maximum absolute atomic E-state index is 8.66. The minimum Gasteiger partial charge on any atom is -0.385 e. The third kappa shape index (κ3) is 1.54. The number of aliphatic hydroxyl groups excluding tert-OH is 1. The fraction of sp³-hybridized carbons (Fsp3) is 0. The van der Waals surface area contributed by atoms with Gasteiger partial charge in [-0.05, 0) is 6.07 Å². The van der Waals surface area contributed by atoms with Gasteiger partial charge in [-0.15, -0.1) is 6.42 Å². The van der Waals surface area contributed by atoms with Crippen molar-refractivity contribution < 1.29 is 5.11 Å². The smallest absolute Gasteiger partial charge is 0.111 e. The molecule has 0 aliphatic rings. The molecular formula is C9H6ClO. The van der Waals surface area contributed by atoms with E-state index in [9.17, 15) is 0 Å². The van der Waals surface area contributed by atoms with Gasteiger partial charge in [0.25, 0.3) is 0 Å². The number of halogens is 1. The van der Waals surface area contributed by atoms with E-state index in [2.05, 4.69) is 5.92 Å². The molecule has 0 bridgehead atoms. The lowest BCUT2D eigenvalue weighted by molar-refractivity contribution is 0.415. The Bertz CT molecular complexity index is 299. The van der Waals surface area contributed by atoms with E-state index in [4.69, 9.17) is 23.1 Å². The first-order valence-electron chi connectivity index (χ1n) is 3.02. The summed E-state index contributed by atoms with van der Waals surface area (Å²) in [5.41, 5.74) is 1.14. The van der Waals surface area contributed by atoms with Gasteiger partial charge in [0, 0.05) is 11.1 Å². The summed E-state index contributed by atoms with van der Waals surface area (Å²) in [5.74, 6) is 2.41. The third-order valence-corrected chi connectivity index (χ3v) is 1.74. The number of rotatable bonds is 1. The highest BCUT2D eigenvalue weighted by Gasteiger charge is 2.01. The van der Waals surface area contributed by atoms with Crippen molar-refractivity contribution in [2.75, 3.05) is 0 Å². The van der Waals surface area contributed by atoms with Crippen LogP contribution in [0.25, 0.3) is 0 Å². The summed E-state index contributed by atoms with van der Waals surface area (Å²) in [6.45, 7) is 0.934. The molecule has 0 atom stereocenters. The lowest BCUT2D eigenvalue weighted by atomic mass is 10.1. The van der Waals surface area contributed by atoms with Crippen LogP contribution in [0.15, 0.2) is 18.2 Å². The van der Waals surface area contributed by atoms with Gasteiger partial charge in [0.15, 0.2) is 0 Å². The number of aliphatic hydroxyl groups is 1. The average Bonchev–Trinajstić information content (AvgIpc) is 2.05. The Hall–Kier alpha value is -0.970. The van der Waals surface area contributed by atoms with Crippen LogP contribution < -0.4 is 0 Å². The molecule has 0 unspecified atom stereocenters. The van der Waals surface area contributed by atoms with Crippen molar-refractivity contribution in [3.05, 3.63) is 41.0 Å². The second-order valence-corrected chi connectivity index (χ2v) is 2.36. The van der Waals surface area contributed by atoms with E-state index in [1.54, 1.807) is 18.2 Å². The molecule has 1 aromatic carbocycles. The van der Waals surface area contributed by atoms with Gasteiger partial charge in [-0.25, -0.2) is 0 Å². The molecule has 0 spiro atoms. The van der Waals surface area contributed by atoms with Crippen LogP contribution in [0.3, 0.4) is 0 Å². The van der Waals surface area contributed by atoms with E-state index < -0.39 is 0 Å². The fourth-order valence-electron chi connectivity index (χ4n) is 0.761. The van der Waals surface area contributed by atoms with E-state index in [0.717, 1.165) is 6.61 Å². The summed E-state index contributed by atoms with van der Waals surface area (Å²) < 4.78 is 0. The van der Waals surface area contributed by atoms with Crippen LogP contribution in [-0.2, 0) is 0 Å². The zero-order valence-corrected chi connectivity index (χ0v) is 6.47. The van der Waals surface area contributed by atoms with E-state index >= 15 is 0 Å². The van der Waals surface area contributed by atoms with Crippen molar-refractivity contribution in [1.82, 2.24) is 0 Å². The molecule has 1 N–H and O–H groups in total. The summed E-state index contributed by atoms with van der Waals surface area (Å²) in [7, 11) is 0. The molecule has 1 radical (unpaired) electrons. The van der Waals surface area contributed by atoms with Gasteiger partial charge in [0.05, 0.1) is 5.02 Å². The third-order valence-electron chi connectivity index (χ3n) is 1.32. The van der Waals surface area contributed by atoms with E-state index in [0.29, 0.717) is 16.1 Å². The number of benzene rings is 1. The van der Waals surface area contributed by atoms with Gasteiger partial charge >= 0.3 is 0 Å². The predicted molar refractivity (Wildman–Crippen MR) is 44.7 cm³/mol. The molecule has 55 valence electrons. The van der Waals surface area contributed by atoms with Crippen LogP contribution in [0.4, 0.5) is 0 Å². The Balaban J connectivity index is 3.23. The molecule has 1 rings (SSSR count). The van der Waals surface area contributed by atoms with Crippen LogP contribution in [0.5, 0.6) is 0 Å². The zero-order valence-electron chi connectivity index (χ0n) is 5.71. The highest BCUT2D eigenvalue weighted by molar-refractivity contribution is 6.32. The van der Waals surface area contributed by atoms with Crippen molar-refractivity contribution in [2.45, 2.75) is 0 Å². The Morgan fingerprint density at radius 1 is 1.55 bits per heavy atom. The van der Waals surface area contributed by atoms with Gasteiger partial charge in [0.1, 0.15) is 6.61 Å². The van der Waals surface area contributed by atoms with Gasteiger partial charge in [-0.3, -0.25) is 0 Å². The molecule has 0 fully saturated rings. The van der Waals surface area contributed by atoms with Crippen molar-refractivity contribution >= 4 is 11.6 Å². The van der Waals surface area contributed by atoms with E-state index in [1.165, 1.54) is 0 Å². The van der Waals surface area contributed by atoms with Gasteiger partial charge in [-0.1, -0.05) is 29.7 Å². The van der Waals surface area contributed by atoms with Gasteiger partial charge in [0.2, 0.25) is 0 Å².